The zero-order valence-electron chi connectivity index (χ0n) is 25.2. The Bertz CT molecular complexity index is 1430. The molecule has 2 atom stereocenters. The molecule has 10 heteroatoms. The molecule has 0 saturated heterocycles. The number of carbonyl (C=O) groups is 2. The molecule has 42 heavy (non-hydrogen) atoms. The van der Waals surface area contributed by atoms with Gasteiger partial charge < -0.3 is 15.0 Å². The van der Waals surface area contributed by atoms with Crippen LogP contribution in [0.2, 0.25) is 0 Å². The molecule has 2 amide bonds. The Labute approximate surface area is 254 Å². The predicted octanol–water partition coefficient (Wildman–Crippen LogP) is 5.64. The van der Waals surface area contributed by atoms with Gasteiger partial charge in [0.25, 0.3) is 10.0 Å². The molecule has 0 bridgehead atoms. The average molecular weight is 612 g/mol. The van der Waals surface area contributed by atoms with Crippen LogP contribution in [0.15, 0.2) is 82.6 Å². The number of nitrogens with zero attached hydrogens (tertiary/aromatic N) is 2. The van der Waals surface area contributed by atoms with Crippen molar-refractivity contribution < 1.29 is 22.7 Å². The molecule has 0 radical (unpaired) electrons. The van der Waals surface area contributed by atoms with Crippen molar-refractivity contribution in [1.29, 1.82) is 0 Å². The molecule has 3 rings (SSSR count). The second-order valence-corrected chi connectivity index (χ2v) is 12.9. The minimum atomic E-state index is -4.12. The molecule has 3 aromatic carbocycles. The van der Waals surface area contributed by atoms with E-state index in [0.717, 1.165) is 26.7 Å². The summed E-state index contributed by atoms with van der Waals surface area (Å²) in [5.41, 5.74) is 2.11. The lowest BCUT2D eigenvalue weighted by atomic mass is 10.1. The number of amides is 2. The van der Waals surface area contributed by atoms with Gasteiger partial charge in [-0.2, -0.15) is 0 Å². The number of methoxy groups -OCH3 is 1. The third-order valence-electron chi connectivity index (χ3n) is 7.15. The largest absolute Gasteiger partial charge is 0.497 e. The standard InChI is InChI=1S/C32H41N3O5S2/c1-7-24(4)33-32(37)30(8-2)34(21-25-11-15-27(40-5)16-12-25)31(36)22-35(26-13-9-23(3)10-14-26)42(38,39)29-19-17-28(41-6)18-20-29/h9-20,24,30H,7-8,21-22H2,1-6H3,(H,33,37)/t24-,30+/m1/s1. The van der Waals surface area contributed by atoms with Gasteiger partial charge in [0.2, 0.25) is 11.8 Å². The maximum absolute atomic E-state index is 14.2. The number of ether oxygens (including phenoxy) is 1. The van der Waals surface area contributed by atoms with E-state index in [2.05, 4.69) is 5.32 Å². The highest BCUT2D eigenvalue weighted by molar-refractivity contribution is 7.98. The molecule has 8 nitrogen and oxygen atoms in total. The van der Waals surface area contributed by atoms with Crippen LogP contribution in [0.5, 0.6) is 5.75 Å². The van der Waals surface area contributed by atoms with Crippen LogP contribution in [0.25, 0.3) is 0 Å². The summed E-state index contributed by atoms with van der Waals surface area (Å²) in [5.74, 6) is -0.0877. The van der Waals surface area contributed by atoms with Gasteiger partial charge in [0.15, 0.2) is 0 Å². The molecule has 226 valence electrons. The van der Waals surface area contributed by atoms with Crippen LogP contribution in [-0.2, 0) is 26.2 Å². The third-order valence-corrected chi connectivity index (χ3v) is 9.68. The fraction of sp³-hybridized carbons (Fsp3) is 0.375. The first kappa shape index (κ1) is 33.0. The normalized spacial score (nSPS) is 12.7. The number of hydrogen-bond donors (Lipinski definition) is 1. The van der Waals surface area contributed by atoms with Gasteiger partial charge >= 0.3 is 0 Å². The molecule has 0 aromatic heterocycles. The second kappa shape index (κ2) is 15.1. The van der Waals surface area contributed by atoms with Crippen molar-refractivity contribution in [2.24, 2.45) is 0 Å². The zero-order valence-corrected chi connectivity index (χ0v) is 26.8. The van der Waals surface area contributed by atoms with Gasteiger partial charge in [0, 0.05) is 17.5 Å². The van der Waals surface area contributed by atoms with Gasteiger partial charge in [0.1, 0.15) is 18.3 Å². The van der Waals surface area contributed by atoms with Crippen LogP contribution < -0.4 is 14.4 Å². The number of benzene rings is 3. The summed E-state index contributed by atoms with van der Waals surface area (Å²) in [6, 6.07) is 20.0. The molecule has 0 spiro atoms. The summed E-state index contributed by atoms with van der Waals surface area (Å²) in [6.07, 6.45) is 3.01. The summed E-state index contributed by atoms with van der Waals surface area (Å²) in [4.78, 5) is 30.1. The summed E-state index contributed by atoms with van der Waals surface area (Å²) in [6.45, 7) is 7.29. The first-order valence-corrected chi connectivity index (χ1v) is 16.7. The molecular weight excluding hydrogens is 571 g/mol. The third kappa shape index (κ3) is 8.29. The molecule has 0 aliphatic carbocycles. The van der Waals surface area contributed by atoms with Crippen molar-refractivity contribution in [1.82, 2.24) is 10.2 Å². The summed E-state index contributed by atoms with van der Waals surface area (Å²) in [7, 11) is -2.54. The number of thioether (sulfide) groups is 1. The summed E-state index contributed by atoms with van der Waals surface area (Å²) in [5, 5.41) is 2.99. The van der Waals surface area contributed by atoms with Gasteiger partial charge in [-0.3, -0.25) is 13.9 Å². The summed E-state index contributed by atoms with van der Waals surface area (Å²) < 4.78 is 34.4. The number of anilines is 1. The average Bonchev–Trinajstić information content (AvgIpc) is 3.00. The van der Waals surface area contributed by atoms with Crippen LogP contribution in [0.1, 0.15) is 44.7 Å². The Kier molecular flexibility index (Phi) is 11.9. The zero-order chi connectivity index (χ0) is 30.9. The number of nitrogens with one attached hydrogen (secondary N) is 1. The molecule has 0 fully saturated rings. The lowest BCUT2D eigenvalue weighted by Crippen LogP contribution is -2.53. The lowest BCUT2D eigenvalue weighted by molar-refractivity contribution is -0.140. The van der Waals surface area contributed by atoms with Crippen molar-refractivity contribution >= 4 is 39.3 Å². The van der Waals surface area contributed by atoms with Crippen LogP contribution in [-0.4, -0.2) is 57.1 Å². The van der Waals surface area contributed by atoms with Crippen molar-refractivity contribution in [3.8, 4) is 5.75 Å². The van der Waals surface area contributed by atoms with E-state index in [-0.39, 0.29) is 23.4 Å². The first-order chi connectivity index (χ1) is 20.0. The van der Waals surface area contributed by atoms with Gasteiger partial charge in [0.05, 0.1) is 17.7 Å². The second-order valence-electron chi connectivity index (χ2n) is 10.1. The lowest BCUT2D eigenvalue weighted by Gasteiger charge is -2.33. The molecule has 3 aromatic rings. The van der Waals surface area contributed by atoms with Crippen molar-refractivity contribution in [3.63, 3.8) is 0 Å². The van der Waals surface area contributed by atoms with E-state index in [1.807, 2.05) is 58.2 Å². The molecule has 0 aliphatic rings. The van der Waals surface area contributed by atoms with Crippen molar-refractivity contribution in [2.75, 3.05) is 24.2 Å². The maximum Gasteiger partial charge on any atom is 0.264 e. The highest BCUT2D eigenvalue weighted by Gasteiger charge is 2.34. The first-order valence-electron chi connectivity index (χ1n) is 14.0. The number of hydrogen-bond acceptors (Lipinski definition) is 6. The Balaban J connectivity index is 2.05. The minimum Gasteiger partial charge on any atom is -0.497 e. The van der Waals surface area contributed by atoms with E-state index in [1.165, 1.54) is 16.7 Å². The van der Waals surface area contributed by atoms with Gasteiger partial charge in [-0.1, -0.05) is 43.7 Å². The van der Waals surface area contributed by atoms with Gasteiger partial charge in [-0.15, -0.1) is 11.8 Å². The van der Waals surface area contributed by atoms with E-state index in [4.69, 9.17) is 4.74 Å². The van der Waals surface area contributed by atoms with E-state index < -0.39 is 28.5 Å². The molecule has 0 heterocycles. The van der Waals surface area contributed by atoms with E-state index in [0.29, 0.717) is 17.9 Å². The summed E-state index contributed by atoms with van der Waals surface area (Å²) >= 11 is 1.51. The van der Waals surface area contributed by atoms with Gasteiger partial charge in [-0.25, -0.2) is 8.42 Å². The molecule has 0 unspecified atom stereocenters. The fourth-order valence-corrected chi connectivity index (χ4v) is 6.23. The quantitative estimate of drug-likeness (QED) is 0.237. The highest BCUT2D eigenvalue weighted by atomic mass is 32.2. The molecule has 0 saturated carbocycles. The van der Waals surface area contributed by atoms with E-state index in [1.54, 1.807) is 55.6 Å². The monoisotopic (exact) mass is 611 g/mol. The highest BCUT2D eigenvalue weighted by Crippen LogP contribution is 2.27. The van der Waals surface area contributed by atoms with E-state index >= 15 is 0 Å². The van der Waals surface area contributed by atoms with Crippen LogP contribution in [0.3, 0.4) is 0 Å². The minimum absolute atomic E-state index is 0.0711. The maximum atomic E-state index is 14.2. The smallest absolute Gasteiger partial charge is 0.264 e. The Morgan fingerprint density at radius 2 is 1.55 bits per heavy atom. The number of aryl methyl sites for hydroxylation is 1. The SMILES string of the molecule is CC[C@@H](C)NC(=O)[C@H](CC)N(Cc1ccc(OC)cc1)C(=O)CN(c1ccc(C)cc1)S(=O)(=O)c1ccc(SC)cc1. The Hall–Kier alpha value is -3.50. The van der Waals surface area contributed by atoms with Gasteiger partial charge in [-0.05, 0) is 87.0 Å². The predicted molar refractivity (Wildman–Crippen MR) is 169 cm³/mol. The van der Waals surface area contributed by atoms with Crippen molar-refractivity contribution in [2.45, 2.75) is 69.0 Å². The Morgan fingerprint density at radius 3 is 2.07 bits per heavy atom. The number of sulfonamides is 1. The fourth-order valence-electron chi connectivity index (χ4n) is 4.40. The van der Waals surface area contributed by atoms with Crippen LogP contribution in [0, 0.1) is 6.92 Å². The number of carbonyl (C=O) groups excluding carboxylic acids is 2. The van der Waals surface area contributed by atoms with Crippen LogP contribution >= 0.6 is 11.8 Å². The molecule has 0 aliphatic heterocycles. The van der Waals surface area contributed by atoms with Crippen LogP contribution in [0.4, 0.5) is 5.69 Å². The topological polar surface area (TPSA) is 96.0 Å². The molecular formula is C32H41N3O5S2. The number of rotatable bonds is 14. The Morgan fingerprint density at radius 1 is 0.929 bits per heavy atom. The van der Waals surface area contributed by atoms with Crippen molar-refractivity contribution in [3.05, 3.63) is 83.9 Å². The van der Waals surface area contributed by atoms with E-state index in [9.17, 15) is 18.0 Å². The molecule has 1 N–H and O–H groups in total.